The van der Waals surface area contributed by atoms with Gasteiger partial charge in [0.15, 0.2) is 0 Å². The third kappa shape index (κ3) is 17.7. The molecule has 0 heterocycles. The minimum absolute atomic E-state index is 0.0229. The minimum atomic E-state index is -3.44. The summed E-state index contributed by atoms with van der Waals surface area (Å²) in [5.74, 6) is -0.779. The predicted octanol–water partition coefficient (Wildman–Crippen LogP) is 4.49. The fraction of sp³-hybridized carbons (Fsp3) is 0.857. The van der Waals surface area contributed by atoms with Gasteiger partial charge >= 0.3 is 0 Å². The van der Waals surface area contributed by atoms with Gasteiger partial charge in [0.05, 0.1) is 26.0 Å². The Balaban J connectivity index is 3.80. The molecule has 4 nitrogen and oxygen atoms in total. The lowest BCUT2D eigenvalue weighted by Crippen LogP contribution is -2.39. The van der Waals surface area contributed by atoms with E-state index in [9.17, 15) is 15.0 Å². The van der Waals surface area contributed by atoms with Crippen molar-refractivity contribution in [1.29, 1.82) is 0 Å². The molecule has 148 valence electrons. The highest BCUT2D eigenvalue weighted by Crippen LogP contribution is 2.10. The highest BCUT2D eigenvalue weighted by molar-refractivity contribution is 5.76. The van der Waals surface area contributed by atoms with E-state index in [1.165, 1.54) is 38.5 Å². The first-order valence-corrected chi connectivity index (χ1v) is 9.86. The second kappa shape index (κ2) is 19.5. The molecular formula is C21H41NO3. The van der Waals surface area contributed by atoms with Crippen LogP contribution in [0.15, 0.2) is 12.2 Å². The molecule has 0 unspecified atom stereocenters. The lowest BCUT2D eigenvalue weighted by molar-refractivity contribution is -0.122. The smallest absolute Gasteiger partial charge is 0.220 e. The van der Waals surface area contributed by atoms with E-state index in [1.807, 2.05) is 0 Å². The molecule has 0 fully saturated rings. The molecule has 0 atom stereocenters. The van der Waals surface area contributed by atoms with E-state index in [0.29, 0.717) is 6.42 Å². The topological polar surface area (TPSA) is 69.6 Å². The van der Waals surface area contributed by atoms with Crippen LogP contribution in [0, 0.1) is 0 Å². The molecule has 1 amide bonds. The molecule has 0 aromatic carbocycles. The van der Waals surface area contributed by atoms with Crippen LogP contribution < -0.4 is 5.32 Å². The van der Waals surface area contributed by atoms with Crippen molar-refractivity contribution < 1.29 is 21.9 Å². The monoisotopic (exact) mass is 360 g/mol. The highest BCUT2D eigenvalue weighted by atomic mass is 16.3. The largest absolute Gasteiger partial charge is 0.394 e. The summed E-state index contributed by atoms with van der Waals surface area (Å²) < 4.78 is 36.2. The molecule has 0 spiro atoms. The molecule has 0 aromatic heterocycles. The number of amides is 1. The van der Waals surface area contributed by atoms with Crippen LogP contribution in [0.5, 0.6) is 0 Å². The second-order valence-corrected chi connectivity index (χ2v) is 6.48. The van der Waals surface area contributed by atoms with Gasteiger partial charge in [-0.1, -0.05) is 70.4 Å². The Hall–Kier alpha value is -0.870. The van der Waals surface area contributed by atoms with Crippen LogP contribution in [0.4, 0.5) is 0 Å². The molecule has 0 saturated heterocycles. The molecule has 0 bridgehead atoms. The van der Waals surface area contributed by atoms with Crippen LogP contribution in [0.2, 0.25) is 0 Å². The zero-order chi connectivity index (χ0) is 23.1. The van der Waals surface area contributed by atoms with Crippen LogP contribution in [0.25, 0.3) is 0 Å². The maximum Gasteiger partial charge on any atom is 0.220 e. The Kier molecular flexibility index (Phi) is 12.7. The first kappa shape index (κ1) is 16.3. The lowest BCUT2D eigenvalue weighted by atomic mass is 10.1. The van der Waals surface area contributed by atoms with E-state index in [1.54, 1.807) is 5.32 Å². The predicted molar refractivity (Wildman–Crippen MR) is 106 cm³/mol. The van der Waals surface area contributed by atoms with Gasteiger partial charge in [0.2, 0.25) is 5.91 Å². The summed E-state index contributed by atoms with van der Waals surface area (Å²) in [6.07, 6.45) is 18.9. The number of unbranched alkanes of at least 4 members (excludes halogenated alkanes) is 11. The summed E-state index contributed by atoms with van der Waals surface area (Å²) in [6, 6.07) is -3.20. The standard InChI is InChI=1S/C21H41NO3/c1-2-3-4-5-6-7-8-9-10-11-12-13-14-15-16-17-21(25)22-20(18-23)19-24/h9-10,20,23-24H,2-8,11-19H2,1H3,(H,22,25)/b10-9-/i18D2,19D2,20D. The summed E-state index contributed by atoms with van der Waals surface area (Å²) in [5, 5.41) is 20.5. The molecule has 0 aromatic rings. The Morgan fingerprint density at radius 2 is 1.40 bits per heavy atom. The summed E-state index contributed by atoms with van der Waals surface area (Å²) in [4.78, 5) is 11.9. The average molecular weight is 361 g/mol. The second-order valence-electron chi connectivity index (χ2n) is 6.48. The summed E-state index contributed by atoms with van der Waals surface area (Å²) >= 11 is 0. The van der Waals surface area contributed by atoms with E-state index in [0.717, 1.165) is 38.5 Å². The first-order chi connectivity index (χ1) is 14.0. The molecule has 0 saturated carbocycles. The van der Waals surface area contributed by atoms with Crippen molar-refractivity contribution in [3.8, 4) is 0 Å². The van der Waals surface area contributed by atoms with Crippen LogP contribution in [0.3, 0.4) is 0 Å². The molecule has 3 N–H and O–H groups in total. The molecule has 0 aliphatic rings. The normalized spacial score (nSPS) is 16.0. The number of carbonyl (C=O) groups excluding carboxylic acids is 1. The molecule has 0 rings (SSSR count). The molecular weight excluding hydrogens is 314 g/mol. The summed E-state index contributed by atoms with van der Waals surface area (Å²) in [6.45, 7) is -4.66. The minimum Gasteiger partial charge on any atom is -0.394 e. The Morgan fingerprint density at radius 3 is 1.92 bits per heavy atom. The number of hydrogen-bond acceptors (Lipinski definition) is 3. The van der Waals surface area contributed by atoms with E-state index in [4.69, 9.17) is 6.85 Å². The van der Waals surface area contributed by atoms with Crippen LogP contribution >= 0.6 is 0 Å². The van der Waals surface area contributed by atoms with Crippen molar-refractivity contribution in [2.75, 3.05) is 13.1 Å². The maximum absolute atomic E-state index is 11.9. The molecule has 0 aliphatic carbocycles. The number of carbonyl (C=O) groups is 1. The van der Waals surface area contributed by atoms with Crippen molar-refractivity contribution in [3.05, 3.63) is 12.2 Å². The lowest BCUT2D eigenvalue weighted by Gasteiger charge is -2.12. The Bertz CT molecular complexity index is 476. The van der Waals surface area contributed by atoms with Gasteiger partial charge in [-0.25, -0.2) is 0 Å². The number of aliphatic hydroxyl groups is 2. The number of hydrogen-bond donors (Lipinski definition) is 3. The zero-order valence-electron chi connectivity index (χ0n) is 20.9. The van der Waals surface area contributed by atoms with Gasteiger partial charge in [-0.15, -0.1) is 0 Å². The van der Waals surface area contributed by atoms with Crippen molar-refractivity contribution in [2.24, 2.45) is 0 Å². The molecule has 0 aliphatic heterocycles. The summed E-state index contributed by atoms with van der Waals surface area (Å²) in [5.41, 5.74) is 0. The van der Waals surface area contributed by atoms with Crippen LogP contribution in [-0.2, 0) is 4.79 Å². The van der Waals surface area contributed by atoms with Crippen molar-refractivity contribution in [1.82, 2.24) is 5.32 Å². The van der Waals surface area contributed by atoms with E-state index in [2.05, 4.69) is 19.1 Å². The molecule has 4 heteroatoms. The van der Waals surface area contributed by atoms with Gasteiger partial charge in [0.25, 0.3) is 0 Å². The Morgan fingerprint density at radius 1 is 0.920 bits per heavy atom. The molecule has 0 radical (unpaired) electrons. The molecule has 25 heavy (non-hydrogen) atoms. The van der Waals surface area contributed by atoms with Gasteiger partial charge in [-0.2, -0.15) is 0 Å². The van der Waals surface area contributed by atoms with E-state index in [-0.39, 0.29) is 6.42 Å². The first-order valence-electron chi connectivity index (χ1n) is 12.4. The number of allylic oxidation sites excluding steroid dienone is 2. The SMILES string of the molecule is [2H]C([2H])(O)C([2H])(NC(=O)CCCCCCC/C=C\CCCCCCCC)C([2H])([2H])O. The van der Waals surface area contributed by atoms with E-state index >= 15 is 0 Å². The van der Waals surface area contributed by atoms with Crippen LogP contribution in [0.1, 0.15) is 104 Å². The summed E-state index contributed by atoms with van der Waals surface area (Å²) in [7, 11) is 0. The Labute approximate surface area is 162 Å². The number of rotatable bonds is 18. The van der Waals surface area contributed by atoms with Crippen molar-refractivity contribution in [3.63, 3.8) is 0 Å². The zero-order valence-corrected chi connectivity index (χ0v) is 15.9. The fourth-order valence-electron chi connectivity index (χ4n) is 2.64. The van der Waals surface area contributed by atoms with Gasteiger partial charge in [0, 0.05) is 6.42 Å². The van der Waals surface area contributed by atoms with Gasteiger partial charge in [-0.3, -0.25) is 4.79 Å². The number of nitrogens with one attached hydrogen (secondary N) is 1. The third-order valence-electron chi connectivity index (χ3n) is 4.15. The highest BCUT2D eigenvalue weighted by Gasteiger charge is 2.09. The van der Waals surface area contributed by atoms with E-state index < -0.39 is 25.0 Å². The average Bonchev–Trinajstić information content (AvgIpc) is 2.63. The van der Waals surface area contributed by atoms with Gasteiger partial charge in [0.1, 0.15) is 0 Å². The van der Waals surface area contributed by atoms with Gasteiger partial charge < -0.3 is 15.5 Å². The van der Waals surface area contributed by atoms with Crippen LogP contribution in [-0.4, -0.2) is 35.3 Å². The van der Waals surface area contributed by atoms with Gasteiger partial charge in [-0.05, 0) is 32.1 Å². The third-order valence-corrected chi connectivity index (χ3v) is 4.15. The maximum atomic E-state index is 11.9. The fourth-order valence-corrected chi connectivity index (χ4v) is 2.64. The van der Waals surface area contributed by atoms with Crippen molar-refractivity contribution in [2.45, 2.75) is 103 Å². The quantitative estimate of drug-likeness (QED) is 0.249. The van der Waals surface area contributed by atoms with Crippen molar-refractivity contribution >= 4 is 5.91 Å².